The number of carbonyl (C=O) groups is 2. The van der Waals surface area contributed by atoms with E-state index < -0.39 is 0 Å². The van der Waals surface area contributed by atoms with Crippen LogP contribution in [0.15, 0.2) is 54.9 Å². The summed E-state index contributed by atoms with van der Waals surface area (Å²) in [5.41, 5.74) is 2.94. The molecule has 0 bridgehead atoms. The van der Waals surface area contributed by atoms with Gasteiger partial charge in [-0.2, -0.15) is 11.8 Å². The van der Waals surface area contributed by atoms with Gasteiger partial charge in [-0.05, 0) is 54.8 Å². The Morgan fingerprint density at radius 2 is 1.74 bits per heavy atom. The Kier molecular flexibility index (Phi) is 5.87. The van der Waals surface area contributed by atoms with E-state index in [0.717, 1.165) is 34.2 Å². The minimum Gasteiger partial charge on any atom is -0.338 e. The zero-order valence-electron chi connectivity index (χ0n) is 17.3. The van der Waals surface area contributed by atoms with Crippen molar-refractivity contribution in [2.75, 3.05) is 24.2 Å². The molecule has 5 nitrogen and oxygen atoms in total. The molecule has 7 heteroatoms. The van der Waals surface area contributed by atoms with Gasteiger partial charge >= 0.3 is 0 Å². The van der Waals surface area contributed by atoms with Gasteiger partial charge in [0.25, 0.3) is 5.91 Å². The second kappa shape index (κ2) is 8.93. The van der Waals surface area contributed by atoms with Crippen molar-refractivity contribution in [3.8, 4) is 5.00 Å². The van der Waals surface area contributed by atoms with Gasteiger partial charge in [0.1, 0.15) is 5.00 Å². The average Bonchev–Trinajstić information content (AvgIpc) is 3.47. The van der Waals surface area contributed by atoms with Crippen LogP contribution in [0.5, 0.6) is 0 Å². The first kappa shape index (κ1) is 20.4. The molecule has 2 aliphatic rings. The molecule has 2 amide bonds. The number of hydrogen-bond donors (Lipinski definition) is 1. The Bertz CT molecular complexity index is 1070. The second-order valence-electron chi connectivity index (χ2n) is 8.00. The lowest BCUT2D eigenvalue weighted by atomic mass is 9.95. The van der Waals surface area contributed by atoms with Gasteiger partial charge in [-0.3, -0.25) is 9.59 Å². The molecule has 2 aromatic heterocycles. The summed E-state index contributed by atoms with van der Waals surface area (Å²) in [5, 5.41) is 4.04. The highest BCUT2D eigenvalue weighted by Crippen LogP contribution is 2.39. The fourth-order valence-electron chi connectivity index (χ4n) is 4.36. The van der Waals surface area contributed by atoms with E-state index >= 15 is 0 Å². The van der Waals surface area contributed by atoms with Gasteiger partial charge in [0.05, 0.1) is 5.56 Å². The maximum atomic E-state index is 13.6. The number of hydrogen-bond acceptors (Lipinski definition) is 4. The Labute approximate surface area is 190 Å². The number of rotatable bonds is 4. The molecule has 2 aliphatic heterocycles. The van der Waals surface area contributed by atoms with Crippen molar-refractivity contribution in [1.29, 1.82) is 0 Å². The van der Waals surface area contributed by atoms with E-state index in [9.17, 15) is 9.59 Å². The van der Waals surface area contributed by atoms with Crippen LogP contribution in [0.2, 0.25) is 0 Å². The largest absolute Gasteiger partial charge is 0.338 e. The van der Waals surface area contributed by atoms with Crippen LogP contribution < -0.4 is 5.32 Å². The molecule has 1 saturated heterocycles. The average molecular weight is 452 g/mol. The van der Waals surface area contributed by atoms with E-state index in [1.165, 1.54) is 10.4 Å². The van der Waals surface area contributed by atoms with Crippen molar-refractivity contribution >= 4 is 40.6 Å². The fraction of sp³-hybridized carbons (Fsp3) is 0.333. The second-order valence-corrected chi connectivity index (χ2v) is 10.2. The van der Waals surface area contributed by atoms with Gasteiger partial charge in [0, 0.05) is 47.7 Å². The zero-order valence-corrected chi connectivity index (χ0v) is 18.9. The Morgan fingerprint density at radius 3 is 2.48 bits per heavy atom. The summed E-state index contributed by atoms with van der Waals surface area (Å²) in [6, 6.07) is 13.6. The van der Waals surface area contributed by atoms with Crippen LogP contribution in [-0.2, 0) is 17.0 Å². The van der Waals surface area contributed by atoms with Crippen molar-refractivity contribution in [2.45, 2.75) is 25.0 Å². The van der Waals surface area contributed by atoms with Crippen LogP contribution in [0.1, 0.15) is 33.6 Å². The highest BCUT2D eigenvalue weighted by molar-refractivity contribution is 7.98. The molecule has 31 heavy (non-hydrogen) atoms. The monoisotopic (exact) mass is 451 g/mol. The standard InChI is InChI=1S/C24H25N3O2S2/c28-22(25-18-6-2-1-3-7-18)17-8-13-26(14-9-17)23(29)21-19-10-15-30-16-20(19)31-24(21)27-11-4-5-12-27/h1-7,11-12,17H,8-10,13-16H2,(H,25,28). The molecule has 5 rings (SSSR count). The lowest BCUT2D eigenvalue weighted by Crippen LogP contribution is -2.42. The van der Waals surface area contributed by atoms with Crippen molar-refractivity contribution in [2.24, 2.45) is 5.92 Å². The molecule has 4 heterocycles. The minimum atomic E-state index is -0.0547. The number of piperidine rings is 1. The number of benzene rings is 1. The summed E-state index contributed by atoms with van der Waals surface area (Å²) in [6.45, 7) is 1.24. The summed E-state index contributed by atoms with van der Waals surface area (Å²) in [6.07, 6.45) is 6.38. The van der Waals surface area contributed by atoms with Crippen LogP contribution in [-0.4, -0.2) is 40.1 Å². The highest BCUT2D eigenvalue weighted by atomic mass is 32.2. The normalized spacial score (nSPS) is 16.7. The maximum Gasteiger partial charge on any atom is 0.257 e. The molecule has 0 aliphatic carbocycles. The molecule has 0 radical (unpaired) electrons. The van der Waals surface area contributed by atoms with Gasteiger partial charge < -0.3 is 14.8 Å². The number of carbonyl (C=O) groups excluding carboxylic acids is 2. The molecule has 0 unspecified atom stereocenters. The van der Waals surface area contributed by atoms with E-state index in [1.807, 2.05) is 71.5 Å². The molecular formula is C24H25N3O2S2. The van der Waals surface area contributed by atoms with Gasteiger partial charge in [-0.25, -0.2) is 0 Å². The predicted octanol–water partition coefficient (Wildman–Crippen LogP) is 4.82. The van der Waals surface area contributed by atoms with Crippen molar-refractivity contribution in [3.63, 3.8) is 0 Å². The van der Waals surface area contributed by atoms with Gasteiger partial charge in [-0.1, -0.05) is 18.2 Å². The van der Waals surface area contributed by atoms with Crippen LogP contribution >= 0.6 is 23.1 Å². The third-order valence-corrected chi connectivity index (χ3v) is 8.46. The number of aromatic nitrogens is 1. The molecule has 160 valence electrons. The van der Waals surface area contributed by atoms with Crippen molar-refractivity contribution in [3.05, 3.63) is 70.9 Å². The number of thiophene rings is 1. The number of amides is 2. The Balaban J connectivity index is 1.31. The van der Waals surface area contributed by atoms with Crippen molar-refractivity contribution in [1.82, 2.24) is 9.47 Å². The first-order chi connectivity index (χ1) is 15.2. The van der Waals surface area contributed by atoms with E-state index in [0.29, 0.717) is 25.9 Å². The molecule has 0 saturated carbocycles. The fourth-order valence-corrected chi connectivity index (χ4v) is 6.80. The van der Waals surface area contributed by atoms with E-state index in [4.69, 9.17) is 0 Å². The van der Waals surface area contributed by atoms with Crippen LogP contribution in [0.25, 0.3) is 5.00 Å². The van der Waals surface area contributed by atoms with Gasteiger partial charge in [0.2, 0.25) is 5.91 Å². The van der Waals surface area contributed by atoms with E-state index in [-0.39, 0.29) is 17.7 Å². The third kappa shape index (κ3) is 4.16. The van der Waals surface area contributed by atoms with E-state index in [1.54, 1.807) is 11.3 Å². The van der Waals surface area contributed by atoms with Crippen LogP contribution in [0.3, 0.4) is 0 Å². The molecule has 0 spiro atoms. The summed E-state index contributed by atoms with van der Waals surface area (Å²) in [4.78, 5) is 29.6. The SMILES string of the molecule is O=C(Nc1ccccc1)C1CCN(C(=O)c2c(-n3cccc3)sc3c2CCSC3)CC1. The Morgan fingerprint density at radius 1 is 1.00 bits per heavy atom. The quantitative estimate of drug-likeness (QED) is 0.619. The number of anilines is 1. The molecular weight excluding hydrogens is 426 g/mol. The number of fused-ring (bicyclic) bond motifs is 1. The number of nitrogens with zero attached hydrogens (tertiary/aromatic N) is 2. The van der Waals surface area contributed by atoms with Crippen LogP contribution in [0.4, 0.5) is 5.69 Å². The van der Waals surface area contributed by atoms with Crippen LogP contribution in [0, 0.1) is 5.92 Å². The first-order valence-electron chi connectivity index (χ1n) is 10.7. The Hall–Kier alpha value is -2.51. The summed E-state index contributed by atoms with van der Waals surface area (Å²) < 4.78 is 2.07. The van der Waals surface area contributed by atoms with Gasteiger partial charge in [0.15, 0.2) is 0 Å². The highest BCUT2D eigenvalue weighted by Gasteiger charge is 2.32. The van der Waals surface area contributed by atoms with Crippen molar-refractivity contribution < 1.29 is 9.59 Å². The van der Waals surface area contributed by atoms with E-state index in [2.05, 4.69) is 9.88 Å². The predicted molar refractivity (Wildman–Crippen MR) is 127 cm³/mol. The summed E-state index contributed by atoms with van der Waals surface area (Å²) >= 11 is 3.69. The lowest BCUT2D eigenvalue weighted by molar-refractivity contribution is -0.121. The number of nitrogens with one attached hydrogen (secondary N) is 1. The molecule has 0 atom stereocenters. The molecule has 1 aromatic carbocycles. The maximum absolute atomic E-state index is 13.6. The smallest absolute Gasteiger partial charge is 0.257 e. The molecule has 3 aromatic rings. The summed E-state index contributed by atoms with van der Waals surface area (Å²) in [5.74, 6) is 2.17. The first-order valence-corrected chi connectivity index (χ1v) is 12.7. The third-order valence-electron chi connectivity index (χ3n) is 6.05. The number of thioether (sulfide) groups is 1. The number of likely N-dealkylation sites (tertiary alicyclic amines) is 1. The minimum absolute atomic E-state index is 0.0521. The zero-order chi connectivity index (χ0) is 21.2. The summed E-state index contributed by atoms with van der Waals surface area (Å²) in [7, 11) is 0. The van der Waals surface area contributed by atoms with Gasteiger partial charge in [-0.15, -0.1) is 11.3 Å². The lowest BCUT2D eigenvalue weighted by Gasteiger charge is -2.32. The molecule has 1 fully saturated rings. The topological polar surface area (TPSA) is 54.3 Å². The number of para-hydroxylation sites is 1. The molecule has 1 N–H and O–H groups in total.